The molecule has 0 spiro atoms. The van der Waals surface area contributed by atoms with Crippen LogP contribution in [-0.2, 0) is 16.0 Å². The number of aryl methyl sites for hydroxylation is 1. The maximum absolute atomic E-state index is 13.5. The van der Waals surface area contributed by atoms with Gasteiger partial charge in [-0.05, 0) is 63.1 Å². The van der Waals surface area contributed by atoms with Gasteiger partial charge in [-0.15, -0.1) is 0 Å². The SMILES string of the molecule is CCN1CC[C@@H]2C[C@@H](N3CCOCC3)CC[C@@]2(C(=O)NCCCc2ccccc2)C1. The van der Waals surface area contributed by atoms with Crippen molar-refractivity contribution in [3.63, 3.8) is 0 Å². The van der Waals surface area contributed by atoms with Gasteiger partial charge in [-0.1, -0.05) is 37.3 Å². The lowest BCUT2D eigenvalue weighted by atomic mass is 9.61. The average Bonchev–Trinajstić information content (AvgIpc) is 2.82. The van der Waals surface area contributed by atoms with E-state index >= 15 is 0 Å². The predicted octanol–water partition coefficient (Wildman–Crippen LogP) is 2.95. The normalized spacial score (nSPS) is 30.6. The number of nitrogens with one attached hydrogen (secondary N) is 1. The Labute approximate surface area is 182 Å². The highest BCUT2D eigenvalue weighted by atomic mass is 16.5. The number of amides is 1. The van der Waals surface area contributed by atoms with Crippen molar-refractivity contribution in [2.24, 2.45) is 11.3 Å². The van der Waals surface area contributed by atoms with E-state index in [4.69, 9.17) is 4.74 Å². The molecule has 1 aliphatic carbocycles. The number of likely N-dealkylation sites (tertiary alicyclic amines) is 1. The summed E-state index contributed by atoms with van der Waals surface area (Å²) in [6, 6.07) is 11.2. The van der Waals surface area contributed by atoms with E-state index in [0.29, 0.717) is 17.9 Å². The Morgan fingerprint density at radius 3 is 2.73 bits per heavy atom. The fourth-order valence-corrected chi connectivity index (χ4v) is 5.95. The molecule has 3 fully saturated rings. The Bertz CT molecular complexity index is 676. The number of hydrogen-bond donors (Lipinski definition) is 1. The fourth-order valence-electron chi connectivity index (χ4n) is 5.95. The highest BCUT2D eigenvalue weighted by Crippen LogP contribution is 2.47. The van der Waals surface area contributed by atoms with Crippen molar-refractivity contribution in [1.29, 1.82) is 0 Å². The summed E-state index contributed by atoms with van der Waals surface area (Å²) in [6.45, 7) is 9.95. The summed E-state index contributed by atoms with van der Waals surface area (Å²) in [5.41, 5.74) is 1.16. The number of fused-ring (bicyclic) bond motifs is 1. The minimum Gasteiger partial charge on any atom is -0.379 e. The van der Waals surface area contributed by atoms with Crippen molar-refractivity contribution in [1.82, 2.24) is 15.1 Å². The van der Waals surface area contributed by atoms with Crippen LogP contribution in [0.5, 0.6) is 0 Å². The molecule has 5 heteroatoms. The second kappa shape index (κ2) is 10.3. The van der Waals surface area contributed by atoms with Crippen LogP contribution in [0.2, 0.25) is 0 Å². The van der Waals surface area contributed by atoms with E-state index in [-0.39, 0.29) is 5.41 Å². The highest BCUT2D eigenvalue weighted by Gasteiger charge is 2.52. The molecule has 1 saturated carbocycles. The van der Waals surface area contributed by atoms with Crippen LogP contribution in [-0.4, -0.2) is 74.2 Å². The van der Waals surface area contributed by atoms with Gasteiger partial charge in [-0.2, -0.15) is 0 Å². The first kappa shape index (κ1) is 21.8. The maximum atomic E-state index is 13.5. The second-order valence-electron chi connectivity index (χ2n) is 9.43. The smallest absolute Gasteiger partial charge is 0.227 e. The van der Waals surface area contributed by atoms with Crippen LogP contribution in [0.1, 0.15) is 44.6 Å². The molecule has 0 bridgehead atoms. The Morgan fingerprint density at radius 2 is 1.97 bits per heavy atom. The van der Waals surface area contributed by atoms with Crippen molar-refractivity contribution < 1.29 is 9.53 Å². The first-order valence-corrected chi connectivity index (χ1v) is 12.1. The molecule has 1 amide bonds. The van der Waals surface area contributed by atoms with E-state index in [2.05, 4.69) is 52.4 Å². The molecule has 1 aromatic carbocycles. The molecule has 2 saturated heterocycles. The number of piperidine rings is 1. The first-order chi connectivity index (χ1) is 14.7. The first-order valence-electron chi connectivity index (χ1n) is 12.1. The summed E-state index contributed by atoms with van der Waals surface area (Å²) >= 11 is 0. The molecule has 3 atom stereocenters. The minimum atomic E-state index is -0.191. The molecule has 5 nitrogen and oxygen atoms in total. The van der Waals surface area contributed by atoms with E-state index in [0.717, 1.165) is 84.6 Å². The van der Waals surface area contributed by atoms with Crippen molar-refractivity contribution in [3.8, 4) is 0 Å². The van der Waals surface area contributed by atoms with Gasteiger partial charge in [0.15, 0.2) is 0 Å². The predicted molar refractivity (Wildman–Crippen MR) is 120 cm³/mol. The quantitative estimate of drug-likeness (QED) is 0.698. The summed E-state index contributed by atoms with van der Waals surface area (Å²) in [5, 5.41) is 3.35. The largest absolute Gasteiger partial charge is 0.379 e. The molecule has 30 heavy (non-hydrogen) atoms. The third-order valence-electron chi connectivity index (χ3n) is 7.79. The zero-order valence-electron chi connectivity index (χ0n) is 18.7. The van der Waals surface area contributed by atoms with Crippen LogP contribution in [0.4, 0.5) is 0 Å². The lowest BCUT2D eigenvalue weighted by Gasteiger charge is -2.53. The van der Waals surface area contributed by atoms with Gasteiger partial charge < -0.3 is 15.0 Å². The zero-order valence-corrected chi connectivity index (χ0v) is 18.7. The number of carbonyl (C=O) groups excluding carboxylic acids is 1. The highest BCUT2D eigenvalue weighted by molar-refractivity contribution is 5.83. The minimum absolute atomic E-state index is 0.191. The second-order valence-corrected chi connectivity index (χ2v) is 9.43. The Hall–Kier alpha value is -1.43. The molecule has 0 aromatic heterocycles. The number of nitrogens with zero attached hydrogens (tertiary/aromatic N) is 2. The monoisotopic (exact) mass is 413 g/mol. The van der Waals surface area contributed by atoms with Crippen LogP contribution in [0.3, 0.4) is 0 Å². The van der Waals surface area contributed by atoms with Gasteiger partial charge in [-0.25, -0.2) is 0 Å². The molecule has 0 radical (unpaired) electrons. The van der Waals surface area contributed by atoms with Gasteiger partial charge in [0.05, 0.1) is 18.6 Å². The summed E-state index contributed by atoms with van der Waals surface area (Å²) in [7, 11) is 0. The van der Waals surface area contributed by atoms with Crippen molar-refractivity contribution in [2.75, 3.05) is 52.5 Å². The van der Waals surface area contributed by atoms with Gasteiger partial charge in [0.25, 0.3) is 0 Å². The Morgan fingerprint density at radius 1 is 1.17 bits per heavy atom. The third-order valence-corrected chi connectivity index (χ3v) is 7.79. The molecule has 3 aliphatic rings. The van der Waals surface area contributed by atoms with E-state index in [1.807, 2.05) is 0 Å². The summed E-state index contributed by atoms with van der Waals surface area (Å²) in [4.78, 5) is 18.7. The third kappa shape index (κ3) is 4.90. The number of carbonyl (C=O) groups is 1. The molecule has 1 N–H and O–H groups in total. The van der Waals surface area contributed by atoms with Crippen LogP contribution in [0.15, 0.2) is 30.3 Å². The number of rotatable bonds is 7. The number of benzene rings is 1. The average molecular weight is 414 g/mol. The number of hydrogen-bond acceptors (Lipinski definition) is 4. The van der Waals surface area contributed by atoms with Gasteiger partial charge >= 0.3 is 0 Å². The van der Waals surface area contributed by atoms with Crippen LogP contribution < -0.4 is 5.32 Å². The summed E-state index contributed by atoms with van der Waals surface area (Å²) in [6.07, 6.45) is 6.54. The number of morpholine rings is 1. The molecular weight excluding hydrogens is 374 g/mol. The van der Waals surface area contributed by atoms with Crippen molar-refractivity contribution in [3.05, 3.63) is 35.9 Å². The Balaban J connectivity index is 1.36. The maximum Gasteiger partial charge on any atom is 0.227 e. The molecule has 1 aromatic rings. The van der Waals surface area contributed by atoms with E-state index < -0.39 is 0 Å². The van der Waals surface area contributed by atoms with Gasteiger partial charge in [0, 0.05) is 32.2 Å². The number of ether oxygens (including phenoxy) is 1. The molecule has 0 unspecified atom stereocenters. The fraction of sp³-hybridized carbons (Fsp3) is 0.720. The van der Waals surface area contributed by atoms with E-state index in [9.17, 15) is 4.79 Å². The van der Waals surface area contributed by atoms with Gasteiger partial charge in [-0.3, -0.25) is 9.69 Å². The molecule has 2 aliphatic heterocycles. The molecule has 166 valence electrons. The molecular formula is C25H39N3O2. The molecule has 2 heterocycles. The van der Waals surface area contributed by atoms with Crippen LogP contribution >= 0.6 is 0 Å². The zero-order chi connectivity index (χ0) is 20.8. The standard InChI is InChI=1S/C25H39N3O2/c1-2-27-14-11-22-19-23(28-15-17-30-18-16-28)10-12-25(22,20-27)24(29)26-13-6-9-21-7-4-3-5-8-21/h3-5,7-8,22-23H,2,6,9-20H2,1H3,(H,26,29)/t22-,23+,25-/m1/s1. The van der Waals surface area contributed by atoms with Crippen molar-refractivity contribution >= 4 is 5.91 Å². The van der Waals surface area contributed by atoms with Gasteiger partial charge in [0.2, 0.25) is 5.91 Å². The van der Waals surface area contributed by atoms with Crippen LogP contribution in [0.25, 0.3) is 0 Å². The topological polar surface area (TPSA) is 44.8 Å². The summed E-state index contributed by atoms with van der Waals surface area (Å²) in [5.74, 6) is 0.829. The molecule has 4 rings (SSSR count). The Kier molecular flexibility index (Phi) is 7.45. The lowest BCUT2D eigenvalue weighted by molar-refractivity contribution is -0.144. The van der Waals surface area contributed by atoms with Crippen LogP contribution in [0, 0.1) is 11.3 Å². The van der Waals surface area contributed by atoms with E-state index in [1.54, 1.807) is 0 Å². The van der Waals surface area contributed by atoms with Crippen molar-refractivity contribution in [2.45, 2.75) is 51.5 Å². The summed E-state index contributed by atoms with van der Waals surface area (Å²) < 4.78 is 5.56. The lowest BCUT2D eigenvalue weighted by Crippen LogP contribution is -2.60. The van der Waals surface area contributed by atoms with Gasteiger partial charge in [0.1, 0.15) is 0 Å². The van der Waals surface area contributed by atoms with E-state index in [1.165, 1.54) is 12.0 Å².